The predicted molar refractivity (Wildman–Crippen MR) is 80.5 cm³/mol. The van der Waals surface area contributed by atoms with Crippen LogP contribution in [0.4, 0.5) is 0 Å². The summed E-state index contributed by atoms with van der Waals surface area (Å²) < 4.78 is 5.21. The van der Waals surface area contributed by atoms with E-state index in [1.807, 2.05) is 19.1 Å². The van der Waals surface area contributed by atoms with Crippen LogP contribution in [0.2, 0.25) is 0 Å². The molecule has 21 heavy (non-hydrogen) atoms. The van der Waals surface area contributed by atoms with Crippen LogP contribution in [-0.4, -0.2) is 30.1 Å². The minimum absolute atomic E-state index is 0.122. The van der Waals surface area contributed by atoms with E-state index in [-0.39, 0.29) is 12.3 Å². The molecule has 0 fully saturated rings. The van der Waals surface area contributed by atoms with Crippen molar-refractivity contribution in [1.29, 1.82) is 0 Å². The summed E-state index contributed by atoms with van der Waals surface area (Å²) in [6, 6.07) is 4.59. The summed E-state index contributed by atoms with van der Waals surface area (Å²) in [5.74, 6) is -0.633. The van der Waals surface area contributed by atoms with Crippen LogP contribution in [0.1, 0.15) is 31.9 Å². The maximum absolute atomic E-state index is 12.0. The summed E-state index contributed by atoms with van der Waals surface area (Å²) in [4.78, 5) is 23.3. The van der Waals surface area contributed by atoms with Crippen molar-refractivity contribution in [1.82, 2.24) is 5.32 Å². The zero-order valence-electron chi connectivity index (χ0n) is 13.2. The number of benzene rings is 1. The first-order chi connectivity index (χ1) is 9.65. The fourth-order valence-electron chi connectivity index (χ4n) is 2.02. The Morgan fingerprint density at radius 3 is 2.43 bits per heavy atom. The molecule has 1 amide bonds. The van der Waals surface area contributed by atoms with Crippen molar-refractivity contribution < 1.29 is 19.4 Å². The van der Waals surface area contributed by atoms with Crippen molar-refractivity contribution in [2.75, 3.05) is 7.11 Å². The summed E-state index contributed by atoms with van der Waals surface area (Å²) in [5, 5.41) is 11.8. The second kappa shape index (κ2) is 6.61. The van der Waals surface area contributed by atoms with Crippen LogP contribution in [0.25, 0.3) is 0 Å². The Labute approximate surface area is 125 Å². The summed E-state index contributed by atoms with van der Waals surface area (Å²) in [7, 11) is 1.58. The van der Waals surface area contributed by atoms with Crippen molar-refractivity contribution in [3.8, 4) is 5.75 Å². The second-order valence-electron chi connectivity index (χ2n) is 6.19. The van der Waals surface area contributed by atoms with Gasteiger partial charge in [-0.1, -0.05) is 32.9 Å². The monoisotopic (exact) mass is 293 g/mol. The summed E-state index contributed by atoms with van der Waals surface area (Å²) in [5.41, 5.74) is 1.22. The van der Waals surface area contributed by atoms with E-state index < -0.39 is 17.4 Å². The minimum Gasteiger partial charge on any atom is -0.496 e. The lowest BCUT2D eigenvalue weighted by molar-refractivity contribution is -0.144. The number of hydrogen-bond acceptors (Lipinski definition) is 3. The molecule has 0 heterocycles. The van der Waals surface area contributed by atoms with Crippen LogP contribution in [0.3, 0.4) is 0 Å². The second-order valence-corrected chi connectivity index (χ2v) is 6.19. The first-order valence-corrected chi connectivity index (χ1v) is 6.81. The van der Waals surface area contributed by atoms with Crippen LogP contribution in [0.15, 0.2) is 18.2 Å². The van der Waals surface area contributed by atoms with Gasteiger partial charge in [0.2, 0.25) is 5.91 Å². The molecule has 1 rings (SSSR count). The molecule has 2 N–H and O–H groups in total. The lowest BCUT2D eigenvalue weighted by Gasteiger charge is -2.27. The highest BCUT2D eigenvalue weighted by molar-refractivity contribution is 5.85. The van der Waals surface area contributed by atoms with E-state index in [1.165, 1.54) is 0 Å². The quantitative estimate of drug-likeness (QED) is 0.872. The summed E-state index contributed by atoms with van der Waals surface area (Å²) in [6.45, 7) is 7.26. The van der Waals surface area contributed by atoms with Crippen molar-refractivity contribution in [3.05, 3.63) is 29.3 Å². The predicted octanol–water partition coefficient (Wildman–Crippen LogP) is 2.16. The number of methoxy groups -OCH3 is 1. The van der Waals surface area contributed by atoms with Crippen molar-refractivity contribution in [2.45, 2.75) is 40.2 Å². The Morgan fingerprint density at radius 2 is 1.95 bits per heavy atom. The molecule has 1 aromatic rings. The Kier molecular flexibility index (Phi) is 5.35. The molecule has 1 atom stereocenters. The SMILES string of the molecule is COc1cc(CC(=O)N[C@H](C(=O)O)C(C)(C)C)ccc1C. The summed E-state index contributed by atoms with van der Waals surface area (Å²) in [6.07, 6.45) is 0.122. The average molecular weight is 293 g/mol. The van der Waals surface area contributed by atoms with Gasteiger partial charge in [-0.15, -0.1) is 0 Å². The van der Waals surface area contributed by atoms with E-state index in [9.17, 15) is 14.7 Å². The van der Waals surface area contributed by atoms with Crippen LogP contribution in [0.5, 0.6) is 5.75 Å². The van der Waals surface area contributed by atoms with Gasteiger partial charge >= 0.3 is 5.97 Å². The molecule has 0 spiro atoms. The molecule has 0 aliphatic carbocycles. The third kappa shape index (κ3) is 4.77. The van der Waals surface area contributed by atoms with Crippen LogP contribution in [0, 0.1) is 12.3 Å². The van der Waals surface area contributed by atoms with E-state index in [0.29, 0.717) is 5.75 Å². The van der Waals surface area contributed by atoms with Gasteiger partial charge in [0.05, 0.1) is 13.5 Å². The molecule has 0 saturated carbocycles. The van der Waals surface area contributed by atoms with Gasteiger partial charge < -0.3 is 15.2 Å². The zero-order chi connectivity index (χ0) is 16.2. The molecule has 0 aliphatic heterocycles. The Balaban J connectivity index is 2.79. The number of carbonyl (C=O) groups is 2. The molecule has 5 nitrogen and oxygen atoms in total. The number of aryl methyl sites for hydroxylation is 1. The van der Waals surface area contributed by atoms with Gasteiger partial charge in [0, 0.05) is 0 Å². The maximum atomic E-state index is 12.0. The normalized spacial score (nSPS) is 12.6. The molecule has 1 aromatic carbocycles. The molecule has 0 unspecified atom stereocenters. The van der Waals surface area contributed by atoms with Gasteiger partial charge in [0.1, 0.15) is 11.8 Å². The molecule has 0 bridgehead atoms. The molecule has 0 aromatic heterocycles. The number of carboxylic acids is 1. The smallest absolute Gasteiger partial charge is 0.326 e. The average Bonchev–Trinajstić information content (AvgIpc) is 2.36. The van der Waals surface area contributed by atoms with Crippen LogP contribution in [-0.2, 0) is 16.0 Å². The van der Waals surface area contributed by atoms with Gasteiger partial charge in [-0.05, 0) is 29.5 Å². The van der Waals surface area contributed by atoms with E-state index in [2.05, 4.69) is 5.32 Å². The highest BCUT2D eigenvalue weighted by atomic mass is 16.5. The molecule has 116 valence electrons. The number of hydrogen-bond donors (Lipinski definition) is 2. The van der Waals surface area contributed by atoms with Gasteiger partial charge in [0.15, 0.2) is 0 Å². The number of nitrogens with one attached hydrogen (secondary N) is 1. The fraction of sp³-hybridized carbons (Fsp3) is 0.500. The van der Waals surface area contributed by atoms with E-state index >= 15 is 0 Å². The van der Waals surface area contributed by atoms with Crippen molar-refractivity contribution >= 4 is 11.9 Å². The van der Waals surface area contributed by atoms with Gasteiger partial charge in [-0.3, -0.25) is 4.79 Å². The fourth-order valence-corrected chi connectivity index (χ4v) is 2.02. The standard InChI is InChI=1S/C16H23NO4/c1-10-6-7-11(8-12(10)21-5)9-13(18)17-14(15(19)20)16(2,3)4/h6-8,14H,9H2,1-5H3,(H,17,18)(H,19,20)/t14-/m1/s1. The topological polar surface area (TPSA) is 75.6 Å². The third-order valence-corrected chi connectivity index (χ3v) is 3.26. The van der Waals surface area contributed by atoms with Gasteiger partial charge in [-0.25, -0.2) is 4.79 Å². The molecular weight excluding hydrogens is 270 g/mol. The number of aliphatic carboxylic acids is 1. The van der Waals surface area contributed by atoms with E-state index in [0.717, 1.165) is 11.1 Å². The van der Waals surface area contributed by atoms with Crippen molar-refractivity contribution in [2.24, 2.45) is 5.41 Å². The van der Waals surface area contributed by atoms with Crippen LogP contribution >= 0.6 is 0 Å². The summed E-state index contributed by atoms with van der Waals surface area (Å²) >= 11 is 0. The number of amides is 1. The van der Waals surface area contributed by atoms with E-state index in [4.69, 9.17) is 4.74 Å². The number of ether oxygens (including phenoxy) is 1. The van der Waals surface area contributed by atoms with Crippen LogP contribution < -0.4 is 10.1 Å². The highest BCUT2D eigenvalue weighted by Crippen LogP contribution is 2.21. The maximum Gasteiger partial charge on any atom is 0.326 e. The lowest BCUT2D eigenvalue weighted by Crippen LogP contribution is -2.49. The molecule has 0 saturated heterocycles. The Bertz CT molecular complexity index is 532. The molecule has 5 heteroatoms. The van der Waals surface area contributed by atoms with Gasteiger partial charge in [-0.2, -0.15) is 0 Å². The highest BCUT2D eigenvalue weighted by Gasteiger charge is 2.32. The van der Waals surface area contributed by atoms with E-state index in [1.54, 1.807) is 33.9 Å². The lowest BCUT2D eigenvalue weighted by atomic mass is 9.86. The Hall–Kier alpha value is -2.04. The first kappa shape index (κ1) is 17.0. The third-order valence-electron chi connectivity index (χ3n) is 3.26. The number of carbonyl (C=O) groups excluding carboxylic acids is 1. The number of rotatable bonds is 5. The molecule has 0 aliphatic rings. The first-order valence-electron chi connectivity index (χ1n) is 6.81. The number of carboxylic acid groups (broad SMARTS) is 1. The molecule has 0 radical (unpaired) electrons. The largest absolute Gasteiger partial charge is 0.496 e. The minimum atomic E-state index is -1.03. The van der Waals surface area contributed by atoms with Crippen molar-refractivity contribution in [3.63, 3.8) is 0 Å². The Morgan fingerprint density at radius 1 is 1.33 bits per heavy atom. The van der Waals surface area contributed by atoms with Gasteiger partial charge in [0.25, 0.3) is 0 Å². The zero-order valence-corrected chi connectivity index (χ0v) is 13.2. The molecular formula is C16H23NO4.